The molecule has 0 spiro atoms. The van der Waals surface area contributed by atoms with Crippen molar-refractivity contribution in [3.63, 3.8) is 0 Å². The topological polar surface area (TPSA) is 8.17 Å². The van der Waals surface area contributed by atoms with E-state index in [9.17, 15) is 0 Å². The van der Waals surface area contributed by atoms with E-state index < -0.39 is 0 Å². The van der Waals surface area contributed by atoms with Crippen LogP contribution in [-0.2, 0) is 6.42 Å². The number of aromatic nitrogens is 1. The highest BCUT2D eigenvalue weighted by Crippen LogP contribution is 2.39. The van der Waals surface area contributed by atoms with Gasteiger partial charge >= 0.3 is 0 Å². The zero-order valence-electron chi connectivity index (χ0n) is 24.7. The number of allylic oxidation sites excluding steroid dienone is 6. The van der Waals surface area contributed by atoms with E-state index in [4.69, 9.17) is 0 Å². The van der Waals surface area contributed by atoms with Gasteiger partial charge in [0.15, 0.2) is 0 Å². The van der Waals surface area contributed by atoms with Gasteiger partial charge < -0.3 is 9.47 Å². The van der Waals surface area contributed by atoms with Crippen molar-refractivity contribution in [3.8, 4) is 5.69 Å². The molecule has 0 saturated heterocycles. The van der Waals surface area contributed by atoms with E-state index in [1.54, 1.807) is 0 Å². The minimum atomic E-state index is 1.00. The quantitative estimate of drug-likeness (QED) is 0.166. The highest BCUT2D eigenvalue weighted by atomic mass is 15.1. The van der Waals surface area contributed by atoms with Crippen molar-refractivity contribution >= 4 is 45.2 Å². The lowest BCUT2D eigenvalue weighted by molar-refractivity contribution is 0.968. The Labute approximate surface area is 259 Å². The maximum Gasteiger partial charge on any atom is 0.0539 e. The van der Waals surface area contributed by atoms with Crippen molar-refractivity contribution in [1.82, 2.24) is 4.57 Å². The average Bonchev–Trinajstić information content (AvgIpc) is 3.42. The van der Waals surface area contributed by atoms with Crippen LogP contribution in [0.1, 0.15) is 23.2 Å². The molecule has 0 aliphatic heterocycles. The number of aryl methyl sites for hydroxylation is 1. The third-order valence-electron chi connectivity index (χ3n) is 8.24. The summed E-state index contributed by atoms with van der Waals surface area (Å²) in [4.78, 5) is 2.29. The second-order valence-corrected chi connectivity index (χ2v) is 11.0. The van der Waals surface area contributed by atoms with E-state index >= 15 is 0 Å². The van der Waals surface area contributed by atoms with Gasteiger partial charge in [-0.3, -0.25) is 0 Å². The second-order valence-electron chi connectivity index (χ2n) is 11.0. The molecule has 1 aromatic heterocycles. The number of fused-ring (bicyclic) bond motifs is 4. The minimum absolute atomic E-state index is 1.00. The van der Waals surface area contributed by atoms with Crippen molar-refractivity contribution < 1.29 is 0 Å². The molecule has 1 aliphatic rings. The number of para-hydroxylation sites is 1. The molecule has 1 heterocycles. The lowest BCUT2D eigenvalue weighted by Gasteiger charge is -2.26. The first-order valence-corrected chi connectivity index (χ1v) is 15.2. The Morgan fingerprint density at radius 3 is 2.30 bits per heavy atom. The average molecular weight is 567 g/mol. The smallest absolute Gasteiger partial charge is 0.0539 e. The molecule has 0 unspecified atom stereocenters. The summed E-state index contributed by atoms with van der Waals surface area (Å²) in [7, 11) is 0. The molecule has 0 radical (unpaired) electrons. The molecule has 7 rings (SSSR count). The first-order valence-electron chi connectivity index (χ1n) is 15.2. The maximum absolute atomic E-state index is 4.21. The van der Waals surface area contributed by atoms with Gasteiger partial charge in [0.1, 0.15) is 0 Å². The molecule has 44 heavy (non-hydrogen) atoms. The summed E-state index contributed by atoms with van der Waals surface area (Å²) < 4.78 is 2.43. The predicted octanol–water partition coefficient (Wildman–Crippen LogP) is 11.2. The van der Waals surface area contributed by atoms with Crippen LogP contribution >= 0.6 is 0 Å². The molecular weight excluding hydrogens is 532 g/mol. The van der Waals surface area contributed by atoms with Crippen molar-refractivity contribution in [1.29, 1.82) is 0 Å². The molecule has 2 heteroatoms. The monoisotopic (exact) mass is 566 g/mol. The first kappa shape index (κ1) is 27.2. The third-order valence-corrected chi connectivity index (χ3v) is 8.24. The lowest BCUT2D eigenvalue weighted by Crippen LogP contribution is -2.14. The van der Waals surface area contributed by atoms with Crippen LogP contribution in [0.15, 0.2) is 170 Å². The van der Waals surface area contributed by atoms with Gasteiger partial charge in [0.05, 0.1) is 5.52 Å². The third kappa shape index (κ3) is 5.34. The Morgan fingerprint density at radius 2 is 1.48 bits per heavy atom. The molecule has 0 fully saturated rings. The first-order chi connectivity index (χ1) is 21.8. The van der Waals surface area contributed by atoms with Gasteiger partial charge in [-0.05, 0) is 95.4 Å². The van der Waals surface area contributed by atoms with Crippen LogP contribution in [-0.4, -0.2) is 4.57 Å². The fourth-order valence-electron chi connectivity index (χ4n) is 6.16. The summed E-state index contributed by atoms with van der Waals surface area (Å²) >= 11 is 0. The summed E-state index contributed by atoms with van der Waals surface area (Å²) in [6.07, 6.45) is 19.0. The Morgan fingerprint density at radius 1 is 0.705 bits per heavy atom. The second kappa shape index (κ2) is 12.3. The Hall–Kier alpha value is -5.60. The van der Waals surface area contributed by atoms with Crippen LogP contribution in [0.5, 0.6) is 0 Å². The van der Waals surface area contributed by atoms with Crippen LogP contribution in [0.4, 0.5) is 11.4 Å². The van der Waals surface area contributed by atoms with Crippen molar-refractivity contribution in [2.24, 2.45) is 0 Å². The Bertz CT molecular complexity index is 2070. The largest absolute Gasteiger partial charge is 0.311 e. The molecule has 0 bridgehead atoms. The molecule has 212 valence electrons. The van der Waals surface area contributed by atoms with Gasteiger partial charge in [0, 0.05) is 33.8 Å². The Balaban J connectivity index is 1.32. The normalized spacial score (nSPS) is 13.2. The molecule has 0 atom stereocenters. The number of rotatable bonds is 8. The number of hydrogen-bond donors (Lipinski definition) is 0. The van der Waals surface area contributed by atoms with Gasteiger partial charge in [-0.15, -0.1) is 0 Å². The van der Waals surface area contributed by atoms with Crippen LogP contribution in [0, 0.1) is 0 Å². The van der Waals surface area contributed by atoms with E-state index in [0.29, 0.717) is 0 Å². The van der Waals surface area contributed by atoms with E-state index in [1.807, 2.05) is 12.1 Å². The van der Waals surface area contributed by atoms with Crippen molar-refractivity contribution in [3.05, 3.63) is 187 Å². The summed E-state index contributed by atoms with van der Waals surface area (Å²) in [5.41, 5.74) is 9.47. The highest BCUT2D eigenvalue weighted by Gasteiger charge is 2.21. The van der Waals surface area contributed by atoms with Crippen LogP contribution < -0.4 is 4.90 Å². The van der Waals surface area contributed by atoms with E-state index in [-0.39, 0.29) is 0 Å². The van der Waals surface area contributed by atoms with E-state index in [2.05, 4.69) is 174 Å². The molecule has 1 aliphatic carbocycles. The molecular formula is C42H34N2. The summed E-state index contributed by atoms with van der Waals surface area (Å²) in [5.74, 6) is 0. The molecule has 0 amide bonds. The van der Waals surface area contributed by atoms with Gasteiger partial charge in [-0.25, -0.2) is 0 Å². The molecule has 5 aromatic carbocycles. The zero-order valence-corrected chi connectivity index (χ0v) is 24.7. The van der Waals surface area contributed by atoms with Crippen LogP contribution in [0.2, 0.25) is 0 Å². The van der Waals surface area contributed by atoms with Crippen molar-refractivity contribution in [2.75, 3.05) is 4.90 Å². The summed E-state index contributed by atoms with van der Waals surface area (Å²) in [6.45, 7) is 4.21. The maximum atomic E-state index is 4.21. The number of anilines is 2. The number of hydrogen-bond acceptors (Lipinski definition) is 1. The van der Waals surface area contributed by atoms with Crippen LogP contribution in [0.3, 0.4) is 0 Å². The van der Waals surface area contributed by atoms with Gasteiger partial charge in [-0.2, -0.15) is 0 Å². The Kier molecular flexibility index (Phi) is 7.63. The zero-order chi connectivity index (χ0) is 29.7. The predicted molar refractivity (Wildman–Crippen MR) is 190 cm³/mol. The number of benzene rings is 5. The highest BCUT2D eigenvalue weighted by molar-refractivity contribution is 5.95. The van der Waals surface area contributed by atoms with Gasteiger partial charge in [0.2, 0.25) is 0 Å². The fourth-order valence-corrected chi connectivity index (χ4v) is 6.16. The molecule has 2 nitrogen and oxygen atoms in total. The van der Waals surface area contributed by atoms with E-state index in [0.717, 1.165) is 29.9 Å². The van der Waals surface area contributed by atoms with Gasteiger partial charge in [0.25, 0.3) is 0 Å². The van der Waals surface area contributed by atoms with Gasteiger partial charge in [-0.1, -0.05) is 116 Å². The molecule has 0 N–H and O–H groups in total. The fraction of sp³-hybridized carbons (Fsp3) is 0.0476. The lowest BCUT2D eigenvalue weighted by atomic mass is 10.0. The summed E-state index contributed by atoms with van der Waals surface area (Å²) in [5, 5.41) is 3.80. The van der Waals surface area contributed by atoms with Crippen molar-refractivity contribution in [2.45, 2.75) is 12.8 Å². The standard InChI is InChI=1S/C42H34N2/c1-2-35(21-9-4-8-18-32-16-6-3-7-17-32)43(36-22-10-5-11-23-36)38-28-29-42-40(31-38)39-24-14-15-25-41(39)44(42)37-27-26-33-19-12-13-20-34(33)30-37/h2-13,15-23,25-31H,1,14,24H2/b9-4+,18-8+,35-21+. The number of nitrogens with zero attached hydrogens (tertiary/aromatic N) is 2. The van der Waals surface area contributed by atoms with E-state index in [1.165, 1.54) is 44.2 Å². The minimum Gasteiger partial charge on any atom is -0.311 e. The SMILES string of the molecule is C=C\C(=C/C=C/C=C/c1ccccc1)N(c1ccccc1)c1ccc2c(c1)c1c(n2-c2ccc3ccccc3c2)C=CCC1. The molecule has 0 saturated carbocycles. The molecule has 6 aromatic rings. The summed E-state index contributed by atoms with van der Waals surface area (Å²) in [6, 6.07) is 43.1. The van der Waals surface area contributed by atoms with Crippen LogP contribution in [0.25, 0.3) is 39.5 Å².